The maximum Gasteiger partial charge on any atom is 0.337 e. The zero-order chi connectivity index (χ0) is 12.6. The Bertz CT molecular complexity index is 585. The van der Waals surface area contributed by atoms with Crippen molar-refractivity contribution in [2.24, 2.45) is 0 Å². The van der Waals surface area contributed by atoms with Crippen molar-refractivity contribution < 1.29 is 9.90 Å². The molecule has 2 aromatic rings. The number of nitrogens with zero attached hydrogens (tertiary/aromatic N) is 2. The number of aryl methyl sites for hydroxylation is 2. The summed E-state index contributed by atoms with van der Waals surface area (Å²) < 4.78 is 1.86. The van der Waals surface area contributed by atoms with Crippen LogP contribution in [0.25, 0.3) is 5.82 Å². The third kappa shape index (κ3) is 1.93. The molecule has 17 heavy (non-hydrogen) atoms. The van der Waals surface area contributed by atoms with E-state index in [2.05, 4.69) is 4.98 Å². The van der Waals surface area contributed by atoms with Crippen LogP contribution in [-0.4, -0.2) is 20.6 Å². The van der Waals surface area contributed by atoms with Gasteiger partial charge in [0.25, 0.3) is 0 Å². The first-order valence-electron chi connectivity index (χ1n) is 5.37. The SMILES string of the molecule is Cc1cccc(-n2c(C)cc(C(=O)O)c2C)n1. The molecule has 0 amide bonds. The van der Waals surface area contributed by atoms with Gasteiger partial charge >= 0.3 is 5.97 Å². The Balaban J connectivity index is 2.64. The Hall–Kier alpha value is -2.10. The summed E-state index contributed by atoms with van der Waals surface area (Å²) in [6, 6.07) is 7.37. The van der Waals surface area contributed by atoms with Gasteiger partial charge in [0.15, 0.2) is 0 Å². The lowest BCUT2D eigenvalue weighted by Crippen LogP contribution is -2.04. The average Bonchev–Trinajstić information content (AvgIpc) is 2.54. The van der Waals surface area contributed by atoms with Crippen molar-refractivity contribution in [2.75, 3.05) is 0 Å². The van der Waals surface area contributed by atoms with Crippen molar-refractivity contribution in [1.82, 2.24) is 9.55 Å². The second-order valence-electron chi connectivity index (χ2n) is 4.06. The summed E-state index contributed by atoms with van der Waals surface area (Å²) in [5, 5.41) is 9.07. The fourth-order valence-electron chi connectivity index (χ4n) is 1.99. The summed E-state index contributed by atoms with van der Waals surface area (Å²) >= 11 is 0. The van der Waals surface area contributed by atoms with Crippen LogP contribution in [0.3, 0.4) is 0 Å². The Morgan fingerprint density at radius 2 is 2.00 bits per heavy atom. The molecule has 0 atom stereocenters. The summed E-state index contributed by atoms with van der Waals surface area (Å²) in [6.07, 6.45) is 0. The predicted molar refractivity (Wildman–Crippen MR) is 64.7 cm³/mol. The molecule has 0 saturated heterocycles. The van der Waals surface area contributed by atoms with E-state index in [-0.39, 0.29) is 0 Å². The number of rotatable bonds is 2. The number of carboxylic acid groups (broad SMARTS) is 1. The quantitative estimate of drug-likeness (QED) is 0.862. The number of carbonyl (C=O) groups is 1. The summed E-state index contributed by atoms with van der Waals surface area (Å²) in [6.45, 7) is 5.58. The molecule has 0 aromatic carbocycles. The van der Waals surface area contributed by atoms with Gasteiger partial charge in [-0.2, -0.15) is 0 Å². The van der Waals surface area contributed by atoms with E-state index in [4.69, 9.17) is 5.11 Å². The number of aromatic carboxylic acids is 1. The van der Waals surface area contributed by atoms with E-state index in [1.165, 1.54) is 0 Å². The van der Waals surface area contributed by atoms with Gasteiger partial charge in [0.1, 0.15) is 5.82 Å². The third-order valence-electron chi connectivity index (χ3n) is 2.76. The summed E-state index contributed by atoms with van der Waals surface area (Å²) in [5.41, 5.74) is 2.81. The Morgan fingerprint density at radius 3 is 2.53 bits per heavy atom. The molecular weight excluding hydrogens is 216 g/mol. The van der Waals surface area contributed by atoms with Gasteiger partial charge in [0.05, 0.1) is 5.56 Å². The van der Waals surface area contributed by atoms with Gasteiger partial charge in [0, 0.05) is 17.1 Å². The lowest BCUT2D eigenvalue weighted by molar-refractivity contribution is 0.0696. The van der Waals surface area contributed by atoms with Crippen molar-refractivity contribution in [3.63, 3.8) is 0 Å². The lowest BCUT2D eigenvalue weighted by Gasteiger charge is -2.08. The number of aromatic nitrogens is 2. The van der Waals surface area contributed by atoms with Gasteiger partial charge in [-0.15, -0.1) is 0 Å². The highest BCUT2D eigenvalue weighted by Gasteiger charge is 2.15. The normalized spacial score (nSPS) is 10.5. The van der Waals surface area contributed by atoms with Crippen LogP contribution in [-0.2, 0) is 0 Å². The van der Waals surface area contributed by atoms with Crippen LogP contribution in [0.15, 0.2) is 24.3 Å². The van der Waals surface area contributed by atoms with E-state index >= 15 is 0 Å². The largest absolute Gasteiger partial charge is 0.478 e. The Kier molecular flexibility index (Phi) is 2.71. The van der Waals surface area contributed by atoms with Crippen LogP contribution in [0.5, 0.6) is 0 Å². The van der Waals surface area contributed by atoms with Gasteiger partial charge in [-0.1, -0.05) is 6.07 Å². The number of pyridine rings is 1. The molecule has 0 radical (unpaired) electrons. The number of carboxylic acids is 1. The van der Waals surface area contributed by atoms with Crippen LogP contribution in [0, 0.1) is 20.8 Å². The van der Waals surface area contributed by atoms with Crippen LogP contribution in [0.4, 0.5) is 0 Å². The van der Waals surface area contributed by atoms with E-state index in [0.29, 0.717) is 11.3 Å². The highest BCUT2D eigenvalue weighted by Crippen LogP contribution is 2.19. The van der Waals surface area contributed by atoms with E-state index in [1.807, 2.05) is 36.6 Å². The minimum absolute atomic E-state index is 0.325. The molecule has 0 aliphatic carbocycles. The Labute approximate surface area is 99.5 Å². The van der Waals surface area contributed by atoms with Gasteiger partial charge in [-0.3, -0.25) is 0 Å². The smallest absolute Gasteiger partial charge is 0.337 e. The van der Waals surface area contributed by atoms with Gasteiger partial charge in [0.2, 0.25) is 0 Å². The number of hydrogen-bond acceptors (Lipinski definition) is 2. The van der Waals surface area contributed by atoms with E-state index in [0.717, 1.165) is 17.2 Å². The van der Waals surface area contributed by atoms with Crippen molar-refractivity contribution >= 4 is 5.97 Å². The van der Waals surface area contributed by atoms with Crippen molar-refractivity contribution in [2.45, 2.75) is 20.8 Å². The molecule has 4 nitrogen and oxygen atoms in total. The first-order chi connectivity index (χ1) is 8.00. The highest BCUT2D eigenvalue weighted by molar-refractivity contribution is 5.89. The van der Waals surface area contributed by atoms with Gasteiger partial charge in [-0.05, 0) is 39.0 Å². The molecular formula is C13H14N2O2. The zero-order valence-corrected chi connectivity index (χ0v) is 10.1. The molecule has 88 valence electrons. The maximum atomic E-state index is 11.1. The first-order valence-corrected chi connectivity index (χ1v) is 5.37. The molecule has 2 heterocycles. The summed E-state index contributed by atoms with van der Waals surface area (Å²) in [5.74, 6) is -0.149. The molecule has 1 N–H and O–H groups in total. The number of hydrogen-bond donors (Lipinski definition) is 1. The van der Waals surface area contributed by atoms with Crippen LogP contribution >= 0.6 is 0 Å². The highest BCUT2D eigenvalue weighted by atomic mass is 16.4. The van der Waals surface area contributed by atoms with Gasteiger partial charge in [-0.25, -0.2) is 9.78 Å². The van der Waals surface area contributed by atoms with Crippen LogP contribution in [0.2, 0.25) is 0 Å². The average molecular weight is 230 g/mol. The van der Waals surface area contributed by atoms with E-state index in [9.17, 15) is 4.79 Å². The Morgan fingerprint density at radius 1 is 1.29 bits per heavy atom. The van der Waals surface area contributed by atoms with Crippen LogP contribution < -0.4 is 0 Å². The fraction of sp³-hybridized carbons (Fsp3) is 0.231. The first kappa shape index (κ1) is 11.4. The van der Waals surface area contributed by atoms with Crippen LogP contribution in [0.1, 0.15) is 27.4 Å². The molecule has 0 saturated carbocycles. The second kappa shape index (κ2) is 4.05. The van der Waals surface area contributed by atoms with Crippen molar-refractivity contribution in [3.8, 4) is 5.82 Å². The van der Waals surface area contributed by atoms with Crippen molar-refractivity contribution in [1.29, 1.82) is 0 Å². The third-order valence-corrected chi connectivity index (χ3v) is 2.76. The second-order valence-corrected chi connectivity index (χ2v) is 4.06. The summed E-state index contributed by atoms with van der Waals surface area (Å²) in [7, 11) is 0. The predicted octanol–water partition coefficient (Wildman–Crippen LogP) is 2.50. The molecule has 0 aliphatic rings. The molecule has 4 heteroatoms. The maximum absolute atomic E-state index is 11.1. The molecule has 2 aromatic heterocycles. The molecule has 0 spiro atoms. The molecule has 0 unspecified atom stereocenters. The standard InChI is InChI=1S/C13H14N2O2/c1-8-5-4-6-12(14-8)15-9(2)7-11(10(15)3)13(16)17/h4-7H,1-3H3,(H,16,17). The monoisotopic (exact) mass is 230 g/mol. The molecule has 0 aliphatic heterocycles. The molecule has 2 rings (SSSR count). The minimum atomic E-state index is -0.906. The minimum Gasteiger partial charge on any atom is -0.478 e. The zero-order valence-electron chi connectivity index (χ0n) is 10.1. The van der Waals surface area contributed by atoms with Gasteiger partial charge < -0.3 is 9.67 Å². The molecule has 0 fully saturated rings. The summed E-state index contributed by atoms with van der Waals surface area (Å²) in [4.78, 5) is 15.5. The molecule has 0 bridgehead atoms. The topological polar surface area (TPSA) is 55.1 Å². The lowest BCUT2D eigenvalue weighted by atomic mass is 10.2. The fourth-order valence-corrected chi connectivity index (χ4v) is 1.99. The van der Waals surface area contributed by atoms with E-state index < -0.39 is 5.97 Å². The van der Waals surface area contributed by atoms with Crippen molar-refractivity contribution in [3.05, 3.63) is 46.9 Å². The van der Waals surface area contributed by atoms with E-state index in [1.54, 1.807) is 13.0 Å².